The number of nitrogens with one attached hydrogen (secondary N) is 1. The van der Waals surface area contributed by atoms with Gasteiger partial charge in [-0.1, -0.05) is 36.4 Å². The Balaban J connectivity index is 1.84. The van der Waals surface area contributed by atoms with Crippen LogP contribution in [0.4, 0.5) is 5.69 Å². The van der Waals surface area contributed by atoms with E-state index in [4.69, 9.17) is 4.74 Å². The van der Waals surface area contributed by atoms with Crippen LogP contribution in [0.2, 0.25) is 0 Å². The van der Waals surface area contributed by atoms with Gasteiger partial charge in [-0.05, 0) is 37.1 Å². The molecule has 1 aliphatic heterocycles. The van der Waals surface area contributed by atoms with Gasteiger partial charge in [-0.3, -0.25) is 4.79 Å². The van der Waals surface area contributed by atoms with Gasteiger partial charge >= 0.3 is 5.97 Å². The number of fused-ring (bicyclic) bond motifs is 1. The Morgan fingerprint density at radius 1 is 1.18 bits per heavy atom. The molecule has 0 aromatic heterocycles. The van der Waals surface area contributed by atoms with Gasteiger partial charge in [-0.2, -0.15) is 0 Å². The van der Waals surface area contributed by atoms with Crippen molar-refractivity contribution in [2.75, 3.05) is 5.32 Å². The molecular formula is C18H17NO3. The lowest BCUT2D eigenvalue weighted by Gasteiger charge is -2.27. The molecule has 0 radical (unpaired) electrons. The summed E-state index contributed by atoms with van der Waals surface area (Å²) >= 11 is 0. The quantitative estimate of drug-likeness (QED) is 0.674. The summed E-state index contributed by atoms with van der Waals surface area (Å²) in [6.07, 6.45) is 8.83. The van der Waals surface area contributed by atoms with Crippen LogP contribution in [0.15, 0.2) is 54.2 Å². The summed E-state index contributed by atoms with van der Waals surface area (Å²) in [7, 11) is 0. The fraction of sp³-hybridized carbons (Fsp3) is 0.222. The molecule has 0 bridgehead atoms. The second kappa shape index (κ2) is 5.64. The molecule has 1 aromatic rings. The van der Waals surface area contributed by atoms with Crippen LogP contribution in [0.3, 0.4) is 0 Å². The summed E-state index contributed by atoms with van der Waals surface area (Å²) in [6.45, 7) is 3.91. The van der Waals surface area contributed by atoms with E-state index in [1.807, 2.05) is 56.4 Å². The Kier molecular flexibility index (Phi) is 3.67. The normalized spacial score (nSPS) is 22.6. The number of benzene rings is 1. The summed E-state index contributed by atoms with van der Waals surface area (Å²) in [5.41, 5.74) is 2.83. The molecule has 2 atom stereocenters. The maximum Gasteiger partial charge on any atom is 0.344 e. The van der Waals surface area contributed by atoms with Crippen molar-refractivity contribution in [1.82, 2.24) is 0 Å². The van der Waals surface area contributed by atoms with E-state index in [2.05, 4.69) is 5.32 Å². The highest BCUT2D eigenvalue weighted by Crippen LogP contribution is 2.26. The van der Waals surface area contributed by atoms with Crippen molar-refractivity contribution in [3.63, 3.8) is 0 Å². The minimum Gasteiger partial charge on any atom is -0.453 e. The van der Waals surface area contributed by atoms with Gasteiger partial charge < -0.3 is 10.1 Å². The van der Waals surface area contributed by atoms with Crippen molar-refractivity contribution < 1.29 is 14.3 Å². The van der Waals surface area contributed by atoms with Crippen molar-refractivity contribution in [2.24, 2.45) is 5.92 Å². The van der Waals surface area contributed by atoms with Gasteiger partial charge in [0.05, 0.1) is 0 Å². The summed E-state index contributed by atoms with van der Waals surface area (Å²) < 4.78 is 5.31. The first-order valence-corrected chi connectivity index (χ1v) is 7.21. The van der Waals surface area contributed by atoms with E-state index in [0.29, 0.717) is 5.69 Å². The van der Waals surface area contributed by atoms with E-state index in [9.17, 15) is 9.59 Å². The van der Waals surface area contributed by atoms with Crippen molar-refractivity contribution in [3.8, 4) is 0 Å². The van der Waals surface area contributed by atoms with E-state index in [1.54, 1.807) is 6.08 Å². The fourth-order valence-corrected chi connectivity index (χ4v) is 2.56. The van der Waals surface area contributed by atoms with E-state index in [-0.39, 0.29) is 17.6 Å². The smallest absolute Gasteiger partial charge is 0.344 e. The topological polar surface area (TPSA) is 55.4 Å². The first-order valence-electron chi connectivity index (χ1n) is 7.21. The van der Waals surface area contributed by atoms with Crippen LogP contribution in [-0.2, 0) is 14.3 Å². The lowest BCUT2D eigenvalue weighted by atomic mass is 9.92. The third-order valence-corrected chi connectivity index (χ3v) is 4.04. The number of hydrogen-bond acceptors (Lipinski definition) is 3. The molecule has 0 saturated heterocycles. The standard InChI is InChI=1S/C18H17NO3/c1-11-6-5-8-15(12(11)2)19-17(20)14-10-13-7-3-4-9-16(13)22-18(14)21/h3-10,13,16H,1-2H3,(H,19,20)/t13-,16-/m1/s1. The lowest BCUT2D eigenvalue weighted by Crippen LogP contribution is -2.34. The molecule has 2 aliphatic rings. The van der Waals surface area contributed by atoms with Gasteiger partial charge in [-0.15, -0.1) is 0 Å². The Hall–Kier alpha value is -2.62. The second-order valence-electron chi connectivity index (χ2n) is 5.50. The zero-order valence-electron chi connectivity index (χ0n) is 12.5. The molecule has 1 N–H and O–H groups in total. The third kappa shape index (κ3) is 2.60. The number of anilines is 1. The second-order valence-corrected chi connectivity index (χ2v) is 5.50. The average molecular weight is 295 g/mol. The van der Waals surface area contributed by atoms with E-state index in [1.165, 1.54) is 0 Å². The number of ether oxygens (including phenoxy) is 1. The number of rotatable bonds is 2. The minimum absolute atomic E-state index is 0.0575. The first kappa shape index (κ1) is 14.3. The summed E-state index contributed by atoms with van der Waals surface area (Å²) in [5, 5.41) is 2.80. The van der Waals surface area contributed by atoms with Crippen LogP contribution in [0.25, 0.3) is 0 Å². The number of carbonyl (C=O) groups excluding carboxylic acids is 2. The van der Waals surface area contributed by atoms with Crippen LogP contribution in [0, 0.1) is 19.8 Å². The Morgan fingerprint density at radius 2 is 1.95 bits per heavy atom. The van der Waals surface area contributed by atoms with Gasteiger partial charge in [0.1, 0.15) is 11.7 Å². The molecule has 22 heavy (non-hydrogen) atoms. The summed E-state index contributed by atoms with van der Waals surface area (Å²) in [4.78, 5) is 24.4. The van der Waals surface area contributed by atoms with Crippen molar-refractivity contribution in [3.05, 3.63) is 65.3 Å². The van der Waals surface area contributed by atoms with Crippen molar-refractivity contribution >= 4 is 17.6 Å². The van der Waals surface area contributed by atoms with Crippen LogP contribution < -0.4 is 5.32 Å². The molecule has 1 aliphatic carbocycles. The summed E-state index contributed by atoms with van der Waals surface area (Å²) in [5.74, 6) is -1.09. The molecular weight excluding hydrogens is 278 g/mol. The Bertz CT molecular complexity index is 728. The zero-order valence-corrected chi connectivity index (χ0v) is 12.5. The van der Waals surface area contributed by atoms with Crippen LogP contribution in [-0.4, -0.2) is 18.0 Å². The van der Waals surface area contributed by atoms with Gasteiger partial charge in [0, 0.05) is 11.6 Å². The average Bonchev–Trinajstić information content (AvgIpc) is 2.51. The number of hydrogen-bond donors (Lipinski definition) is 1. The molecule has 0 spiro atoms. The molecule has 4 nitrogen and oxygen atoms in total. The molecule has 0 unspecified atom stereocenters. The van der Waals surface area contributed by atoms with Gasteiger partial charge in [0.15, 0.2) is 0 Å². The number of aryl methyl sites for hydroxylation is 1. The van der Waals surface area contributed by atoms with Gasteiger partial charge in [0.2, 0.25) is 0 Å². The summed E-state index contributed by atoms with van der Waals surface area (Å²) in [6, 6.07) is 5.67. The molecule has 1 heterocycles. The molecule has 4 heteroatoms. The highest BCUT2D eigenvalue weighted by atomic mass is 16.5. The highest BCUT2D eigenvalue weighted by Gasteiger charge is 2.32. The van der Waals surface area contributed by atoms with Crippen LogP contribution >= 0.6 is 0 Å². The number of carbonyl (C=O) groups is 2. The fourth-order valence-electron chi connectivity index (χ4n) is 2.56. The number of allylic oxidation sites excluding steroid dienone is 2. The Labute approximate surface area is 129 Å². The van der Waals surface area contributed by atoms with E-state index < -0.39 is 11.9 Å². The highest BCUT2D eigenvalue weighted by molar-refractivity contribution is 6.21. The predicted molar refractivity (Wildman–Crippen MR) is 84.3 cm³/mol. The molecule has 1 aromatic carbocycles. The van der Waals surface area contributed by atoms with Gasteiger partial charge in [-0.25, -0.2) is 4.79 Å². The molecule has 0 fully saturated rings. The van der Waals surface area contributed by atoms with Gasteiger partial charge in [0.25, 0.3) is 5.91 Å². The maximum absolute atomic E-state index is 12.4. The Morgan fingerprint density at radius 3 is 2.77 bits per heavy atom. The molecule has 1 amide bonds. The molecule has 3 rings (SSSR count). The van der Waals surface area contributed by atoms with Crippen LogP contribution in [0.1, 0.15) is 11.1 Å². The predicted octanol–water partition coefficient (Wildman–Crippen LogP) is 2.84. The molecule has 112 valence electrons. The SMILES string of the molecule is Cc1cccc(NC(=O)C2=C[C@H]3C=CC=C[C@H]3OC2=O)c1C. The van der Waals surface area contributed by atoms with E-state index in [0.717, 1.165) is 11.1 Å². The molecule has 0 saturated carbocycles. The van der Waals surface area contributed by atoms with Crippen molar-refractivity contribution in [2.45, 2.75) is 20.0 Å². The third-order valence-electron chi connectivity index (χ3n) is 4.04. The lowest BCUT2D eigenvalue weighted by molar-refractivity contribution is -0.145. The number of amides is 1. The first-order chi connectivity index (χ1) is 10.6. The zero-order chi connectivity index (χ0) is 15.7. The largest absolute Gasteiger partial charge is 0.453 e. The monoisotopic (exact) mass is 295 g/mol. The van der Waals surface area contributed by atoms with Crippen molar-refractivity contribution in [1.29, 1.82) is 0 Å². The number of esters is 1. The van der Waals surface area contributed by atoms with E-state index >= 15 is 0 Å². The maximum atomic E-state index is 12.4. The minimum atomic E-state index is -0.580. The van der Waals surface area contributed by atoms with Crippen LogP contribution in [0.5, 0.6) is 0 Å².